The second kappa shape index (κ2) is 14.5. The Hall–Kier alpha value is -2.42. The number of carbonyl (C=O) groups excluding carboxylic acids is 3. The molecule has 9 N–H and O–H groups in total. The van der Waals surface area contributed by atoms with Gasteiger partial charge < -0.3 is 42.1 Å². The van der Waals surface area contributed by atoms with Crippen LogP contribution in [-0.2, 0) is 24.0 Å². The van der Waals surface area contributed by atoms with E-state index in [1.165, 1.54) is 11.8 Å². The normalized spacial score (nSPS) is 14.7. The molecule has 0 heterocycles. The summed E-state index contributed by atoms with van der Waals surface area (Å²) in [6.07, 6.45) is 0.995. The Morgan fingerprint density at radius 3 is 1.83 bits per heavy atom. The number of carboxylic acid groups (broad SMARTS) is 2. The van der Waals surface area contributed by atoms with Gasteiger partial charge in [-0.2, -0.15) is 11.8 Å². The molecule has 0 radical (unpaired) electrons. The molecule has 0 aliphatic carbocycles. The van der Waals surface area contributed by atoms with Crippen LogP contribution in [0, 0.1) is 0 Å². The molecule has 13 nitrogen and oxygen atoms in total. The molecular formula is C16H28N4O9S. The van der Waals surface area contributed by atoms with Gasteiger partial charge in [0.15, 0.2) is 0 Å². The van der Waals surface area contributed by atoms with Crippen molar-refractivity contribution < 1.29 is 44.4 Å². The summed E-state index contributed by atoms with van der Waals surface area (Å²) in [6, 6.07) is -5.54. The number of carbonyl (C=O) groups is 5. The fourth-order valence-electron chi connectivity index (χ4n) is 2.13. The number of amides is 3. The van der Waals surface area contributed by atoms with Gasteiger partial charge in [0.1, 0.15) is 24.2 Å². The van der Waals surface area contributed by atoms with Crippen molar-refractivity contribution in [2.75, 3.05) is 25.2 Å². The predicted molar refractivity (Wildman–Crippen MR) is 105 cm³/mol. The highest BCUT2D eigenvalue weighted by molar-refractivity contribution is 7.98. The van der Waals surface area contributed by atoms with Crippen molar-refractivity contribution in [1.29, 1.82) is 0 Å². The van der Waals surface area contributed by atoms with E-state index in [4.69, 9.17) is 15.9 Å². The van der Waals surface area contributed by atoms with Crippen LogP contribution in [0.3, 0.4) is 0 Å². The average molecular weight is 452 g/mol. The standard InChI is InChI=1S/C16H28N4O9S/c1-30-5-4-10(16(28)29)19-14(26)9(2-3-12(23)24)18-15(27)11(7-22)20-13(25)8(17)6-21/h8-11,21-22H,2-7,17H2,1H3,(H,18,27)(H,19,26)(H,20,25)(H,23,24)(H,28,29). The minimum absolute atomic E-state index is 0.107. The van der Waals surface area contributed by atoms with E-state index in [0.717, 1.165) is 0 Å². The third-order valence-corrected chi connectivity index (χ3v) is 4.50. The molecule has 30 heavy (non-hydrogen) atoms. The van der Waals surface area contributed by atoms with E-state index in [-0.39, 0.29) is 12.8 Å². The van der Waals surface area contributed by atoms with Gasteiger partial charge in [-0.3, -0.25) is 19.2 Å². The SMILES string of the molecule is CSCCC(NC(=O)C(CCC(=O)O)NC(=O)C(CO)NC(=O)C(N)CO)C(=O)O. The number of hydrogen-bond donors (Lipinski definition) is 8. The lowest BCUT2D eigenvalue weighted by atomic mass is 10.1. The van der Waals surface area contributed by atoms with Crippen molar-refractivity contribution in [1.82, 2.24) is 16.0 Å². The molecule has 172 valence electrons. The van der Waals surface area contributed by atoms with Gasteiger partial charge in [0, 0.05) is 6.42 Å². The average Bonchev–Trinajstić information content (AvgIpc) is 2.70. The first kappa shape index (κ1) is 27.6. The van der Waals surface area contributed by atoms with Gasteiger partial charge in [-0.25, -0.2) is 4.79 Å². The Morgan fingerprint density at radius 2 is 1.37 bits per heavy atom. The van der Waals surface area contributed by atoms with E-state index in [9.17, 15) is 34.2 Å². The molecule has 0 aromatic rings. The van der Waals surface area contributed by atoms with Crippen LogP contribution < -0.4 is 21.7 Å². The molecular weight excluding hydrogens is 424 g/mol. The van der Waals surface area contributed by atoms with Crippen LogP contribution in [0.5, 0.6) is 0 Å². The lowest BCUT2D eigenvalue weighted by molar-refractivity contribution is -0.143. The van der Waals surface area contributed by atoms with E-state index < -0.39 is 73.5 Å². The van der Waals surface area contributed by atoms with Crippen molar-refractivity contribution in [2.24, 2.45) is 5.73 Å². The molecule has 0 aliphatic heterocycles. The highest BCUT2D eigenvalue weighted by Crippen LogP contribution is 2.04. The van der Waals surface area contributed by atoms with Crippen molar-refractivity contribution in [2.45, 2.75) is 43.4 Å². The Kier molecular flexibility index (Phi) is 13.4. The molecule has 0 saturated carbocycles. The lowest BCUT2D eigenvalue weighted by Gasteiger charge is -2.24. The molecule has 0 rings (SSSR count). The summed E-state index contributed by atoms with van der Waals surface area (Å²) >= 11 is 1.37. The summed E-state index contributed by atoms with van der Waals surface area (Å²) in [7, 11) is 0. The Balaban J connectivity index is 5.27. The zero-order valence-corrected chi connectivity index (χ0v) is 17.2. The van der Waals surface area contributed by atoms with Crippen LogP contribution in [0.1, 0.15) is 19.3 Å². The van der Waals surface area contributed by atoms with Crippen molar-refractivity contribution in [3.05, 3.63) is 0 Å². The maximum atomic E-state index is 12.5. The molecule has 0 spiro atoms. The van der Waals surface area contributed by atoms with Crippen molar-refractivity contribution in [3.8, 4) is 0 Å². The smallest absolute Gasteiger partial charge is 0.326 e. The van der Waals surface area contributed by atoms with E-state index in [1.807, 2.05) is 0 Å². The summed E-state index contributed by atoms with van der Waals surface area (Å²) in [4.78, 5) is 58.6. The fraction of sp³-hybridized carbons (Fsp3) is 0.688. The van der Waals surface area contributed by atoms with E-state index in [1.54, 1.807) is 6.26 Å². The second-order valence-corrected chi connectivity index (χ2v) is 7.19. The van der Waals surface area contributed by atoms with E-state index in [0.29, 0.717) is 5.75 Å². The van der Waals surface area contributed by atoms with Crippen LogP contribution in [0.25, 0.3) is 0 Å². The lowest BCUT2D eigenvalue weighted by Crippen LogP contribution is -2.58. The Morgan fingerprint density at radius 1 is 0.833 bits per heavy atom. The number of hydrogen-bond acceptors (Lipinski definition) is 9. The molecule has 4 unspecified atom stereocenters. The maximum absolute atomic E-state index is 12.5. The summed E-state index contributed by atoms with van der Waals surface area (Å²) in [5.41, 5.74) is 5.31. The summed E-state index contributed by atoms with van der Waals surface area (Å²) in [5, 5.41) is 42.8. The Bertz CT molecular complexity index is 620. The topological polar surface area (TPSA) is 228 Å². The molecule has 0 aromatic carbocycles. The number of aliphatic hydroxyl groups is 2. The molecule has 3 amide bonds. The largest absolute Gasteiger partial charge is 0.481 e. The summed E-state index contributed by atoms with van der Waals surface area (Å²) < 4.78 is 0. The van der Waals surface area contributed by atoms with Crippen LogP contribution in [0.4, 0.5) is 0 Å². The van der Waals surface area contributed by atoms with Gasteiger partial charge in [-0.05, 0) is 24.9 Å². The van der Waals surface area contributed by atoms with Crippen LogP contribution in [0.15, 0.2) is 0 Å². The molecule has 0 aliphatic rings. The first-order valence-electron chi connectivity index (χ1n) is 8.89. The first-order chi connectivity index (χ1) is 14.1. The van der Waals surface area contributed by atoms with E-state index in [2.05, 4.69) is 16.0 Å². The fourth-order valence-corrected chi connectivity index (χ4v) is 2.60. The Labute approximate surface area is 176 Å². The van der Waals surface area contributed by atoms with Gasteiger partial charge in [0.2, 0.25) is 17.7 Å². The molecule has 4 atom stereocenters. The molecule has 0 saturated heterocycles. The third-order valence-electron chi connectivity index (χ3n) is 3.85. The molecule has 0 bridgehead atoms. The number of nitrogens with one attached hydrogen (secondary N) is 3. The van der Waals surface area contributed by atoms with Crippen LogP contribution in [0.2, 0.25) is 0 Å². The van der Waals surface area contributed by atoms with Crippen LogP contribution in [-0.4, -0.2) is 99.5 Å². The summed E-state index contributed by atoms with van der Waals surface area (Å²) in [6.45, 7) is -1.57. The van der Waals surface area contributed by atoms with Crippen molar-refractivity contribution in [3.63, 3.8) is 0 Å². The molecule has 14 heteroatoms. The summed E-state index contributed by atoms with van der Waals surface area (Å²) in [5.74, 6) is -4.97. The van der Waals surface area contributed by atoms with Gasteiger partial charge in [-0.15, -0.1) is 0 Å². The van der Waals surface area contributed by atoms with Gasteiger partial charge in [-0.1, -0.05) is 0 Å². The predicted octanol–water partition coefficient (Wildman–Crippen LogP) is -3.54. The highest BCUT2D eigenvalue weighted by Gasteiger charge is 2.30. The van der Waals surface area contributed by atoms with E-state index >= 15 is 0 Å². The minimum atomic E-state index is -1.53. The number of aliphatic carboxylic acids is 2. The zero-order valence-electron chi connectivity index (χ0n) is 16.4. The number of nitrogens with two attached hydrogens (primary N) is 1. The molecule has 0 aromatic heterocycles. The number of rotatable bonds is 15. The third kappa shape index (κ3) is 10.4. The van der Waals surface area contributed by atoms with Gasteiger partial charge in [0.25, 0.3) is 0 Å². The number of aliphatic hydroxyl groups excluding tert-OH is 2. The number of thioether (sulfide) groups is 1. The zero-order chi connectivity index (χ0) is 23.3. The molecule has 0 fully saturated rings. The van der Waals surface area contributed by atoms with Crippen LogP contribution >= 0.6 is 11.8 Å². The number of carboxylic acids is 2. The monoisotopic (exact) mass is 452 g/mol. The highest BCUT2D eigenvalue weighted by atomic mass is 32.2. The van der Waals surface area contributed by atoms with Gasteiger partial charge in [0.05, 0.1) is 13.2 Å². The second-order valence-electron chi connectivity index (χ2n) is 6.21. The van der Waals surface area contributed by atoms with Crippen molar-refractivity contribution >= 4 is 41.4 Å². The first-order valence-corrected chi connectivity index (χ1v) is 10.3. The maximum Gasteiger partial charge on any atom is 0.326 e. The minimum Gasteiger partial charge on any atom is -0.481 e. The quantitative estimate of drug-likeness (QED) is 0.121. The van der Waals surface area contributed by atoms with Gasteiger partial charge >= 0.3 is 11.9 Å².